The first-order valence-corrected chi connectivity index (χ1v) is 5.53. The molecule has 0 aromatic rings. The zero-order valence-electron chi connectivity index (χ0n) is 10.2. The van der Waals surface area contributed by atoms with Gasteiger partial charge in [0.25, 0.3) is 0 Å². The van der Waals surface area contributed by atoms with Crippen molar-refractivity contribution in [3.05, 3.63) is 0 Å². The van der Waals surface area contributed by atoms with Gasteiger partial charge in [-0.2, -0.15) is 0 Å². The van der Waals surface area contributed by atoms with Crippen LogP contribution in [-0.4, -0.2) is 42.8 Å². The lowest BCUT2D eigenvalue weighted by Gasteiger charge is -2.33. The van der Waals surface area contributed by atoms with Gasteiger partial charge in [0.05, 0.1) is 0 Å². The summed E-state index contributed by atoms with van der Waals surface area (Å²) in [5, 5.41) is 2.96. The molecule has 0 unspecified atom stereocenters. The molecular formula is C11H22N2O2. The summed E-state index contributed by atoms with van der Waals surface area (Å²) in [5.74, 6) is 0. The summed E-state index contributed by atoms with van der Waals surface area (Å²) < 4.78 is 5.27. The predicted octanol–water partition coefficient (Wildman–Crippen LogP) is 1.61. The molecule has 88 valence electrons. The Morgan fingerprint density at radius 2 is 1.87 bits per heavy atom. The smallest absolute Gasteiger partial charge is 0.317 e. The van der Waals surface area contributed by atoms with Gasteiger partial charge in [0.2, 0.25) is 0 Å². The molecule has 15 heavy (non-hydrogen) atoms. The normalized spacial score (nSPS) is 18.7. The third-order valence-corrected chi connectivity index (χ3v) is 2.54. The van der Waals surface area contributed by atoms with Crippen LogP contribution in [0.25, 0.3) is 0 Å². The van der Waals surface area contributed by atoms with Gasteiger partial charge in [0.1, 0.15) is 0 Å². The number of nitrogens with zero attached hydrogens (tertiary/aromatic N) is 1. The molecule has 1 heterocycles. The lowest BCUT2D eigenvalue weighted by atomic mass is 10.1. The van der Waals surface area contributed by atoms with E-state index in [2.05, 4.69) is 5.32 Å². The second-order valence-electron chi connectivity index (χ2n) is 5.13. The van der Waals surface area contributed by atoms with Crippen LogP contribution < -0.4 is 5.32 Å². The van der Waals surface area contributed by atoms with E-state index in [0.29, 0.717) is 6.04 Å². The Morgan fingerprint density at radius 1 is 1.33 bits per heavy atom. The van der Waals surface area contributed by atoms with Crippen LogP contribution in [0, 0.1) is 0 Å². The summed E-state index contributed by atoms with van der Waals surface area (Å²) in [5.41, 5.74) is -0.170. The largest absolute Gasteiger partial charge is 0.381 e. The highest BCUT2D eigenvalue weighted by molar-refractivity contribution is 5.75. The van der Waals surface area contributed by atoms with Crippen molar-refractivity contribution in [1.82, 2.24) is 10.2 Å². The van der Waals surface area contributed by atoms with Gasteiger partial charge >= 0.3 is 6.03 Å². The number of urea groups is 1. The van der Waals surface area contributed by atoms with Crippen LogP contribution >= 0.6 is 0 Å². The minimum absolute atomic E-state index is 0.00870. The second-order valence-corrected chi connectivity index (χ2v) is 5.13. The Morgan fingerprint density at radius 3 is 2.33 bits per heavy atom. The number of amides is 2. The fraction of sp³-hybridized carbons (Fsp3) is 0.909. The molecule has 0 aliphatic carbocycles. The fourth-order valence-corrected chi connectivity index (χ4v) is 1.65. The van der Waals surface area contributed by atoms with Crippen molar-refractivity contribution in [1.29, 1.82) is 0 Å². The monoisotopic (exact) mass is 214 g/mol. The average molecular weight is 214 g/mol. The van der Waals surface area contributed by atoms with E-state index in [1.54, 1.807) is 4.90 Å². The molecule has 0 saturated carbocycles. The van der Waals surface area contributed by atoms with Crippen LogP contribution in [0.1, 0.15) is 33.6 Å². The number of nitrogens with one attached hydrogen (secondary N) is 1. The SMILES string of the molecule is CN(C(=O)NC(C)(C)C)C1CCOCC1. The molecule has 1 fully saturated rings. The summed E-state index contributed by atoms with van der Waals surface area (Å²) in [6.07, 6.45) is 1.88. The van der Waals surface area contributed by atoms with Gasteiger partial charge in [-0.25, -0.2) is 4.79 Å². The van der Waals surface area contributed by atoms with Crippen molar-refractivity contribution in [2.45, 2.75) is 45.2 Å². The number of hydrogen-bond acceptors (Lipinski definition) is 2. The molecular weight excluding hydrogens is 192 g/mol. The quantitative estimate of drug-likeness (QED) is 0.720. The van der Waals surface area contributed by atoms with E-state index in [1.807, 2.05) is 27.8 Å². The van der Waals surface area contributed by atoms with Crippen molar-refractivity contribution in [2.24, 2.45) is 0 Å². The highest BCUT2D eigenvalue weighted by Gasteiger charge is 2.24. The molecule has 1 saturated heterocycles. The molecule has 1 rings (SSSR count). The van der Waals surface area contributed by atoms with Gasteiger partial charge in [-0.15, -0.1) is 0 Å². The second kappa shape index (κ2) is 4.84. The third-order valence-electron chi connectivity index (χ3n) is 2.54. The molecule has 1 aliphatic heterocycles. The fourth-order valence-electron chi connectivity index (χ4n) is 1.65. The Kier molecular flexibility index (Phi) is 3.97. The molecule has 2 amide bonds. The maximum Gasteiger partial charge on any atom is 0.317 e. The number of rotatable bonds is 1. The minimum Gasteiger partial charge on any atom is -0.381 e. The minimum atomic E-state index is -0.170. The molecule has 1 N–H and O–H groups in total. The number of carbonyl (C=O) groups is 1. The van der Waals surface area contributed by atoms with Crippen LogP contribution in [-0.2, 0) is 4.74 Å². The van der Waals surface area contributed by atoms with Crippen LogP contribution in [0.5, 0.6) is 0 Å². The lowest BCUT2D eigenvalue weighted by molar-refractivity contribution is 0.0517. The Hall–Kier alpha value is -0.770. The first-order valence-electron chi connectivity index (χ1n) is 5.53. The zero-order chi connectivity index (χ0) is 11.5. The van der Waals surface area contributed by atoms with Crippen molar-refractivity contribution < 1.29 is 9.53 Å². The summed E-state index contributed by atoms with van der Waals surface area (Å²) in [6.45, 7) is 7.49. The molecule has 0 atom stereocenters. The first kappa shape index (κ1) is 12.3. The number of ether oxygens (including phenoxy) is 1. The molecule has 0 aromatic heterocycles. The number of hydrogen-bond donors (Lipinski definition) is 1. The summed E-state index contributed by atoms with van der Waals surface area (Å²) in [6, 6.07) is 0.329. The predicted molar refractivity (Wildman–Crippen MR) is 59.9 cm³/mol. The van der Waals surface area contributed by atoms with Gasteiger partial charge in [-0.1, -0.05) is 0 Å². The molecule has 0 aromatic carbocycles. The van der Waals surface area contributed by atoms with E-state index >= 15 is 0 Å². The zero-order valence-corrected chi connectivity index (χ0v) is 10.2. The lowest BCUT2D eigenvalue weighted by Crippen LogP contribution is -2.51. The van der Waals surface area contributed by atoms with Gasteiger partial charge in [-0.3, -0.25) is 0 Å². The van der Waals surface area contributed by atoms with E-state index in [-0.39, 0.29) is 11.6 Å². The average Bonchev–Trinajstić information content (AvgIpc) is 2.15. The van der Waals surface area contributed by atoms with E-state index < -0.39 is 0 Å². The van der Waals surface area contributed by atoms with Crippen LogP contribution in [0.15, 0.2) is 0 Å². The molecule has 0 spiro atoms. The topological polar surface area (TPSA) is 41.6 Å². The summed E-state index contributed by atoms with van der Waals surface area (Å²) >= 11 is 0. The van der Waals surface area contributed by atoms with Gasteiger partial charge in [0, 0.05) is 31.8 Å². The number of carbonyl (C=O) groups excluding carboxylic acids is 1. The molecule has 1 aliphatic rings. The molecule has 0 bridgehead atoms. The van der Waals surface area contributed by atoms with Crippen molar-refractivity contribution in [3.63, 3.8) is 0 Å². The van der Waals surface area contributed by atoms with Gasteiger partial charge < -0.3 is 15.0 Å². The highest BCUT2D eigenvalue weighted by Crippen LogP contribution is 2.13. The molecule has 0 radical (unpaired) electrons. The highest BCUT2D eigenvalue weighted by atomic mass is 16.5. The maximum atomic E-state index is 11.8. The van der Waals surface area contributed by atoms with Crippen LogP contribution in [0.4, 0.5) is 4.79 Å². The van der Waals surface area contributed by atoms with E-state index in [1.165, 1.54) is 0 Å². The van der Waals surface area contributed by atoms with Crippen LogP contribution in [0.2, 0.25) is 0 Å². The Bertz CT molecular complexity index is 217. The molecule has 4 nitrogen and oxygen atoms in total. The van der Waals surface area contributed by atoms with Gasteiger partial charge in [-0.05, 0) is 33.6 Å². The maximum absolute atomic E-state index is 11.8. The summed E-state index contributed by atoms with van der Waals surface area (Å²) in [4.78, 5) is 13.6. The third kappa shape index (κ3) is 4.08. The van der Waals surface area contributed by atoms with Gasteiger partial charge in [0.15, 0.2) is 0 Å². The van der Waals surface area contributed by atoms with Crippen molar-refractivity contribution in [3.8, 4) is 0 Å². The van der Waals surface area contributed by atoms with E-state index in [0.717, 1.165) is 26.1 Å². The van der Waals surface area contributed by atoms with Crippen molar-refractivity contribution in [2.75, 3.05) is 20.3 Å². The summed E-state index contributed by atoms with van der Waals surface area (Å²) in [7, 11) is 1.86. The van der Waals surface area contributed by atoms with Crippen LogP contribution in [0.3, 0.4) is 0 Å². The standard InChI is InChI=1S/C11H22N2O2/c1-11(2,3)12-10(14)13(4)9-5-7-15-8-6-9/h9H,5-8H2,1-4H3,(H,12,14). The molecule has 4 heteroatoms. The van der Waals surface area contributed by atoms with E-state index in [4.69, 9.17) is 4.74 Å². The Balaban J connectivity index is 2.44. The Labute approximate surface area is 92.0 Å². The van der Waals surface area contributed by atoms with Crippen molar-refractivity contribution >= 4 is 6.03 Å². The van der Waals surface area contributed by atoms with E-state index in [9.17, 15) is 4.79 Å². The first-order chi connectivity index (χ1) is 6.90.